The van der Waals surface area contributed by atoms with Crippen LogP contribution in [0.5, 0.6) is 5.75 Å². The van der Waals surface area contributed by atoms with Crippen LogP contribution in [0.2, 0.25) is 0 Å². The molecule has 0 amide bonds. The molecule has 0 bridgehead atoms. The Balaban J connectivity index is 1.99. The normalized spacial score (nSPS) is 18.5. The summed E-state index contributed by atoms with van der Waals surface area (Å²) < 4.78 is 0.710. The molecule has 1 aliphatic carbocycles. The minimum absolute atomic E-state index is 0.0929. The molecule has 0 heterocycles. The van der Waals surface area contributed by atoms with Gasteiger partial charge in [-0.1, -0.05) is 18.9 Å². The Morgan fingerprint density at radius 2 is 2.00 bits per heavy atom. The number of halogens is 1. The zero-order valence-corrected chi connectivity index (χ0v) is 11.3. The van der Waals surface area contributed by atoms with Gasteiger partial charge in [0.15, 0.2) is 0 Å². The van der Waals surface area contributed by atoms with Crippen molar-refractivity contribution in [3.63, 3.8) is 0 Å². The zero-order chi connectivity index (χ0) is 12.3. The molecule has 0 saturated heterocycles. The van der Waals surface area contributed by atoms with E-state index in [1.165, 1.54) is 12.8 Å². The summed E-state index contributed by atoms with van der Waals surface area (Å²) in [5.41, 5.74) is 1.01. The number of benzene rings is 1. The predicted octanol–water partition coefficient (Wildman–Crippen LogP) is 2.55. The van der Waals surface area contributed by atoms with Gasteiger partial charge in [-0.2, -0.15) is 0 Å². The molecule has 1 aromatic carbocycles. The molecule has 1 aromatic rings. The summed E-state index contributed by atoms with van der Waals surface area (Å²) in [7, 11) is 0. The topological polar surface area (TPSA) is 52.5 Å². The summed E-state index contributed by atoms with van der Waals surface area (Å²) in [6.45, 7) is 0.922. The number of phenolic OH excluding ortho intramolecular Hbond substituents is 1. The van der Waals surface area contributed by atoms with Crippen molar-refractivity contribution in [3.05, 3.63) is 28.2 Å². The van der Waals surface area contributed by atoms with Crippen LogP contribution in [-0.4, -0.2) is 22.4 Å². The van der Waals surface area contributed by atoms with E-state index in [0.29, 0.717) is 4.47 Å². The molecule has 3 N–H and O–H groups in total. The molecule has 0 unspecified atom stereocenters. The number of phenols is 1. The fourth-order valence-corrected chi connectivity index (χ4v) is 2.82. The van der Waals surface area contributed by atoms with Crippen molar-refractivity contribution in [2.75, 3.05) is 6.61 Å². The molecule has 4 heteroatoms. The van der Waals surface area contributed by atoms with Gasteiger partial charge < -0.3 is 15.5 Å². The van der Waals surface area contributed by atoms with Crippen LogP contribution in [0.25, 0.3) is 0 Å². The fourth-order valence-electron chi connectivity index (χ4n) is 2.39. The van der Waals surface area contributed by atoms with Gasteiger partial charge in [0.25, 0.3) is 0 Å². The Labute approximate surface area is 110 Å². The maximum absolute atomic E-state index is 9.48. The van der Waals surface area contributed by atoms with E-state index < -0.39 is 0 Å². The molecular formula is C13H18BrNO2. The van der Waals surface area contributed by atoms with E-state index >= 15 is 0 Å². The molecule has 0 aliphatic heterocycles. The first-order chi connectivity index (χ1) is 8.15. The van der Waals surface area contributed by atoms with Gasteiger partial charge >= 0.3 is 0 Å². The Hall–Kier alpha value is -0.580. The molecule has 0 aromatic heterocycles. The summed E-state index contributed by atoms with van der Waals surface area (Å²) >= 11 is 3.30. The molecular weight excluding hydrogens is 282 g/mol. The second kappa shape index (κ2) is 5.38. The Kier molecular flexibility index (Phi) is 4.07. The van der Waals surface area contributed by atoms with Gasteiger partial charge in [-0.25, -0.2) is 0 Å². The largest absolute Gasteiger partial charge is 0.507 e. The molecule has 3 nitrogen and oxygen atoms in total. The van der Waals surface area contributed by atoms with Gasteiger partial charge in [0.05, 0.1) is 11.1 Å². The third kappa shape index (κ3) is 3.00. The van der Waals surface area contributed by atoms with Crippen molar-refractivity contribution < 1.29 is 10.2 Å². The first-order valence-electron chi connectivity index (χ1n) is 5.98. The summed E-state index contributed by atoms with van der Waals surface area (Å²) in [4.78, 5) is 0. The molecule has 94 valence electrons. The van der Waals surface area contributed by atoms with E-state index in [9.17, 15) is 10.2 Å². The van der Waals surface area contributed by atoms with E-state index in [2.05, 4.69) is 21.2 Å². The second-order valence-corrected chi connectivity index (χ2v) is 5.64. The minimum Gasteiger partial charge on any atom is -0.507 e. The third-order valence-electron chi connectivity index (χ3n) is 3.54. The highest BCUT2D eigenvalue weighted by molar-refractivity contribution is 9.10. The number of hydrogen-bond acceptors (Lipinski definition) is 3. The van der Waals surface area contributed by atoms with E-state index in [1.807, 2.05) is 12.1 Å². The third-order valence-corrected chi connectivity index (χ3v) is 4.18. The standard InChI is InChI=1S/C13H18BrNO2/c14-11-7-10(3-4-12(11)17)8-15-13(9-16)5-1-2-6-13/h3-4,7,15-17H,1-2,5-6,8-9H2. The van der Waals surface area contributed by atoms with Crippen LogP contribution in [0, 0.1) is 0 Å². The number of hydrogen-bond donors (Lipinski definition) is 3. The molecule has 0 radical (unpaired) electrons. The molecule has 1 fully saturated rings. The average Bonchev–Trinajstić information content (AvgIpc) is 2.80. The van der Waals surface area contributed by atoms with Crippen molar-refractivity contribution in [2.24, 2.45) is 0 Å². The van der Waals surface area contributed by atoms with Crippen LogP contribution in [0.15, 0.2) is 22.7 Å². The van der Waals surface area contributed by atoms with Crippen LogP contribution in [0.3, 0.4) is 0 Å². The average molecular weight is 300 g/mol. The summed E-state index contributed by atoms with van der Waals surface area (Å²) in [6, 6.07) is 5.48. The molecule has 2 rings (SSSR count). The Bertz CT molecular complexity index is 389. The van der Waals surface area contributed by atoms with Crippen molar-refractivity contribution in [2.45, 2.75) is 37.8 Å². The smallest absolute Gasteiger partial charge is 0.129 e. The van der Waals surface area contributed by atoms with Gasteiger partial charge in [-0.3, -0.25) is 0 Å². The Morgan fingerprint density at radius 1 is 1.29 bits per heavy atom. The first kappa shape index (κ1) is 12.9. The second-order valence-electron chi connectivity index (χ2n) is 4.78. The zero-order valence-electron chi connectivity index (χ0n) is 9.75. The van der Waals surface area contributed by atoms with Crippen molar-refractivity contribution >= 4 is 15.9 Å². The van der Waals surface area contributed by atoms with Gasteiger partial charge in [-0.05, 0) is 46.5 Å². The van der Waals surface area contributed by atoms with Crippen molar-refractivity contribution in [1.82, 2.24) is 5.32 Å². The number of aliphatic hydroxyl groups excluding tert-OH is 1. The van der Waals surface area contributed by atoms with Crippen LogP contribution in [-0.2, 0) is 6.54 Å². The van der Waals surface area contributed by atoms with E-state index in [0.717, 1.165) is 24.9 Å². The molecule has 1 aliphatic rings. The maximum atomic E-state index is 9.48. The minimum atomic E-state index is -0.0929. The van der Waals surface area contributed by atoms with Crippen LogP contribution < -0.4 is 5.32 Å². The fraction of sp³-hybridized carbons (Fsp3) is 0.538. The first-order valence-corrected chi connectivity index (χ1v) is 6.78. The SMILES string of the molecule is OCC1(NCc2ccc(O)c(Br)c2)CCCC1. The number of nitrogens with one attached hydrogen (secondary N) is 1. The lowest BCUT2D eigenvalue weighted by Crippen LogP contribution is -2.45. The lowest BCUT2D eigenvalue weighted by molar-refractivity contribution is 0.163. The Morgan fingerprint density at radius 3 is 2.59 bits per heavy atom. The lowest BCUT2D eigenvalue weighted by atomic mass is 9.98. The monoisotopic (exact) mass is 299 g/mol. The van der Waals surface area contributed by atoms with Crippen LogP contribution in [0.1, 0.15) is 31.2 Å². The van der Waals surface area contributed by atoms with Crippen molar-refractivity contribution in [3.8, 4) is 5.75 Å². The predicted molar refractivity (Wildman–Crippen MR) is 70.9 cm³/mol. The maximum Gasteiger partial charge on any atom is 0.129 e. The summed E-state index contributed by atoms with van der Waals surface area (Å²) in [6.07, 6.45) is 4.46. The van der Waals surface area contributed by atoms with Crippen LogP contribution in [0.4, 0.5) is 0 Å². The highest BCUT2D eigenvalue weighted by Crippen LogP contribution is 2.30. The highest BCUT2D eigenvalue weighted by atomic mass is 79.9. The molecule has 0 atom stereocenters. The summed E-state index contributed by atoms with van der Waals surface area (Å²) in [5.74, 6) is 0.256. The van der Waals surface area contributed by atoms with Crippen molar-refractivity contribution in [1.29, 1.82) is 0 Å². The molecule has 0 spiro atoms. The van der Waals surface area contributed by atoms with E-state index in [4.69, 9.17) is 0 Å². The lowest BCUT2D eigenvalue weighted by Gasteiger charge is -2.28. The number of aromatic hydroxyl groups is 1. The van der Waals surface area contributed by atoms with Gasteiger partial charge in [-0.15, -0.1) is 0 Å². The summed E-state index contributed by atoms with van der Waals surface area (Å²) in [5, 5.41) is 22.3. The highest BCUT2D eigenvalue weighted by Gasteiger charge is 2.32. The van der Waals surface area contributed by atoms with Gasteiger partial charge in [0, 0.05) is 12.1 Å². The van der Waals surface area contributed by atoms with Crippen LogP contribution >= 0.6 is 15.9 Å². The van der Waals surface area contributed by atoms with E-state index in [1.54, 1.807) is 6.07 Å². The van der Waals surface area contributed by atoms with Gasteiger partial charge in [0.1, 0.15) is 5.75 Å². The van der Waals surface area contributed by atoms with E-state index in [-0.39, 0.29) is 17.9 Å². The number of rotatable bonds is 4. The number of aliphatic hydroxyl groups is 1. The quantitative estimate of drug-likeness (QED) is 0.801. The molecule has 17 heavy (non-hydrogen) atoms. The van der Waals surface area contributed by atoms with Gasteiger partial charge in [0.2, 0.25) is 0 Å². The molecule has 1 saturated carbocycles.